The highest BCUT2D eigenvalue weighted by atomic mass is 79.9. The maximum Gasteiger partial charge on any atom is 0.0480 e. The van der Waals surface area contributed by atoms with Gasteiger partial charge in [0.05, 0.1) is 0 Å². The molecule has 0 spiro atoms. The van der Waals surface area contributed by atoms with Gasteiger partial charge in [0.25, 0.3) is 0 Å². The molecule has 1 aliphatic rings. The highest BCUT2D eigenvalue weighted by Gasteiger charge is 2.18. The Balaban J connectivity index is 1.97. The minimum absolute atomic E-state index is 0.464. The molecule has 0 saturated carbocycles. The number of rotatable bonds is 4. The van der Waals surface area contributed by atoms with Gasteiger partial charge in [0, 0.05) is 29.8 Å². The van der Waals surface area contributed by atoms with E-state index in [2.05, 4.69) is 52.4 Å². The smallest absolute Gasteiger partial charge is 0.0480 e. The summed E-state index contributed by atoms with van der Waals surface area (Å²) in [4.78, 5) is 0. The number of hydrogen-bond acceptors (Lipinski definition) is 2. The predicted molar refractivity (Wildman–Crippen MR) is 74.2 cm³/mol. The van der Waals surface area contributed by atoms with Crippen LogP contribution in [0.5, 0.6) is 0 Å². The van der Waals surface area contributed by atoms with Gasteiger partial charge < -0.3 is 10.1 Å². The summed E-state index contributed by atoms with van der Waals surface area (Å²) in [6.45, 7) is 4.03. The summed E-state index contributed by atoms with van der Waals surface area (Å²) in [5.74, 6) is 0. The van der Waals surface area contributed by atoms with Crippen molar-refractivity contribution in [2.24, 2.45) is 0 Å². The molecular weight excluding hydrogens is 278 g/mol. The van der Waals surface area contributed by atoms with Crippen molar-refractivity contribution in [3.8, 4) is 0 Å². The molecule has 17 heavy (non-hydrogen) atoms. The lowest BCUT2D eigenvalue weighted by Gasteiger charge is -2.28. The molecular formula is C14H20BrNO. The SMILES string of the molecule is CCC(NC1CCOCC1)c1ccc(Br)cc1. The normalized spacial score (nSPS) is 19.2. The van der Waals surface area contributed by atoms with Crippen molar-refractivity contribution in [3.05, 3.63) is 34.3 Å². The van der Waals surface area contributed by atoms with Crippen LogP contribution in [-0.2, 0) is 4.74 Å². The number of benzene rings is 1. The van der Waals surface area contributed by atoms with Gasteiger partial charge in [0.15, 0.2) is 0 Å². The average molecular weight is 298 g/mol. The van der Waals surface area contributed by atoms with Gasteiger partial charge in [0.2, 0.25) is 0 Å². The first-order valence-corrected chi connectivity index (χ1v) is 7.18. The first-order chi connectivity index (χ1) is 8.29. The van der Waals surface area contributed by atoms with Crippen molar-refractivity contribution >= 4 is 15.9 Å². The molecule has 0 radical (unpaired) electrons. The summed E-state index contributed by atoms with van der Waals surface area (Å²) in [5, 5.41) is 3.75. The minimum Gasteiger partial charge on any atom is -0.381 e. The zero-order chi connectivity index (χ0) is 12.1. The molecule has 0 bridgehead atoms. The second kappa shape index (κ2) is 6.53. The Hall–Kier alpha value is -0.380. The van der Waals surface area contributed by atoms with Crippen molar-refractivity contribution in [2.75, 3.05) is 13.2 Å². The molecule has 1 heterocycles. The molecule has 3 heteroatoms. The molecule has 94 valence electrons. The van der Waals surface area contributed by atoms with E-state index < -0.39 is 0 Å². The summed E-state index contributed by atoms with van der Waals surface area (Å²) in [5.41, 5.74) is 1.38. The molecule has 2 rings (SSSR count). The molecule has 1 atom stereocenters. The predicted octanol–water partition coefficient (Wildman–Crippen LogP) is 3.67. The van der Waals surface area contributed by atoms with Crippen LogP contribution in [0.1, 0.15) is 37.8 Å². The Bertz CT molecular complexity index is 333. The molecule has 0 aliphatic carbocycles. The van der Waals surface area contributed by atoms with Crippen LogP contribution in [0.25, 0.3) is 0 Å². The van der Waals surface area contributed by atoms with E-state index in [-0.39, 0.29) is 0 Å². The van der Waals surface area contributed by atoms with Gasteiger partial charge in [-0.05, 0) is 37.0 Å². The van der Waals surface area contributed by atoms with E-state index >= 15 is 0 Å². The largest absolute Gasteiger partial charge is 0.381 e. The van der Waals surface area contributed by atoms with Gasteiger partial charge in [-0.2, -0.15) is 0 Å². The van der Waals surface area contributed by atoms with E-state index in [1.54, 1.807) is 0 Å². The Morgan fingerprint density at radius 1 is 1.29 bits per heavy atom. The molecule has 1 aromatic carbocycles. The van der Waals surface area contributed by atoms with Crippen molar-refractivity contribution in [3.63, 3.8) is 0 Å². The topological polar surface area (TPSA) is 21.3 Å². The van der Waals surface area contributed by atoms with E-state index in [1.165, 1.54) is 5.56 Å². The summed E-state index contributed by atoms with van der Waals surface area (Å²) < 4.78 is 6.53. The molecule has 1 aliphatic heterocycles. The van der Waals surface area contributed by atoms with Crippen LogP contribution >= 0.6 is 15.9 Å². The second-order valence-corrected chi connectivity index (χ2v) is 5.48. The molecule has 1 fully saturated rings. The Labute approximate surface area is 112 Å². The van der Waals surface area contributed by atoms with Crippen molar-refractivity contribution in [2.45, 2.75) is 38.3 Å². The lowest BCUT2D eigenvalue weighted by molar-refractivity contribution is 0.0746. The third-order valence-electron chi connectivity index (χ3n) is 3.34. The van der Waals surface area contributed by atoms with Gasteiger partial charge in [-0.3, -0.25) is 0 Å². The zero-order valence-electron chi connectivity index (χ0n) is 10.3. The fourth-order valence-electron chi connectivity index (χ4n) is 2.29. The second-order valence-electron chi connectivity index (χ2n) is 4.57. The minimum atomic E-state index is 0.464. The van der Waals surface area contributed by atoms with Gasteiger partial charge in [-0.25, -0.2) is 0 Å². The van der Waals surface area contributed by atoms with Gasteiger partial charge in [0.1, 0.15) is 0 Å². The van der Waals surface area contributed by atoms with E-state index in [0.717, 1.165) is 36.9 Å². The van der Waals surface area contributed by atoms with Crippen LogP contribution < -0.4 is 5.32 Å². The number of hydrogen-bond donors (Lipinski definition) is 1. The third kappa shape index (κ3) is 3.80. The van der Waals surface area contributed by atoms with Crippen molar-refractivity contribution in [1.29, 1.82) is 0 Å². The van der Waals surface area contributed by atoms with Crippen LogP contribution in [-0.4, -0.2) is 19.3 Å². The van der Waals surface area contributed by atoms with Gasteiger partial charge in [-0.1, -0.05) is 35.0 Å². The van der Waals surface area contributed by atoms with Gasteiger partial charge in [-0.15, -0.1) is 0 Å². The molecule has 0 aromatic heterocycles. The number of halogens is 1. The molecule has 1 unspecified atom stereocenters. The molecule has 1 aromatic rings. The molecule has 1 saturated heterocycles. The highest BCUT2D eigenvalue weighted by molar-refractivity contribution is 9.10. The first kappa shape index (κ1) is 13.1. The summed E-state index contributed by atoms with van der Waals surface area (Å²) in [6.07, 6.45) is 3.39. The van der Waals surface area contributed by atoms with Crippen LogP contribution in [0.4, 0.5) is 0 Å². The monoisotopic (exact) mass is 297 g/mol. The first-order valence-electron chi connectivity index (χ1n) is 6.39. The average Bonchev–Trinajstić information content (AvgIpc) is 2.38. The fraction of sp³-hybridized carbons (Fsp3) is 0.571. The zero-order valence-corrected chi connectivity index (χ0v) is 11.9. The van der Waals surface area contributed by atoms with Crippen molar-refractivity contribution < 1.29 is 4.74 Å². The van der Waals surface area contributed by atoms with Gasteiger partial charge >= 0.3 is 0 Å². The lowest BCUT2D eigenvalue weighted by Crippen LogP contribution is -2.37. The fourth-order valence-corrected chi connectivity index (χ4v) is 2.56. The molecule has 1 N–H and O–H groups in total. The lowest BCUT2D eigenvalue weighted by atomic mass is 10.0. The Morgan fingerprint density at radius 2 is 1.94 bits per heavy atom. The quantitative estimate of drug-likeness (QED) is 0.916. The number of ether oxygens (including phenoxy) is 1. The highest BCUT2D eigenvalue weighted by Crippen LogP contribution is 2.21. The van der Waals surface area contributed by atoms with Crippen molar-refractivity contribution in [1.82, 2.24) is 5.32 Å². The Morgan fingerprint density at radius 3 is 2.53 bits per heavy atom. The molecule has 0 amide bonds. The summed E-state index contributed by atoms with van der Waals surface area (Å²) in [7, 11) is 0. The maximum atomic E-state index is 5.39. The standard InChI is InChI=1S/C14H20BrNO/c1-2-14(11-3-5-12(15)6-4-11)16-13-7-9-17-10-8-13/h3-6,13-14,16H,2,7-10H2,1H3. The van der Waals surface area contributed by atoms with E-state index in [0.29, 0.717) is 12.1 Å². The summed E-state index contributed by atoms with van der Waals surface area (Å²) in [6, 6.07) is 9.70. The number of nitrogens with one attached hydrogen (secondary N) is 1. The Kier molecular flexibility index (Phi) is 5.01. The van der Waals surface area contributed by atoms with E-state index in [1.807, 2.05) is 0 Å². The third-order valence-corrected chi connectivity index (χ3v) is 3.87. The van der Waals surface area contributed by atoms with Crippen LogP contribution in [0.15, 0.2) is 28.7 Å². The van der Waals surface area contributed by atoms with Crippen LogP contribution in [0.3, 0.4) is 0 Å². The maximum absolute atomic E-state index is 5.39. The van der Waals surface area contributed by atoms with Crippen LogP contribution in [0.2, 0.25) is 0 Å². The van der Waals surface area contributed by atoms with E-state index in [4.69, 9.17) is 4.74 Å². The van der Waals surface area contributed by atoms with E-state index in [9.17, 15) is 0 Å². The summed E-state index contributed by atoms with van der Waals surface area (Å²) >= 11 is 3.48. The molecule has 2 nitrogen and oxygen atoms in total. The van der Waals surface area contributed by atoms with Crippen LogP contribution in [0, 0.1) is 0 Å².